The average Bonchev–Trinajstić information content (AvgIpc) is 4.35. The van der Waals surface area contributed by atoms with E-state index in [1.807, 2.05) is 0 Å². The fourth-order valence-corrected chi connectivity index (χ4v) is 10.6. The number of amides is 1. The van der Waals surface area contributed by atoms with E-state index in [2.05, 4.69) is 19.2 Å². The van der Waals surface area contributed by atoms with Crippen molar-refractivity contribution in [2.45, 2.75) is 183 Å². The average molecular weight is 1280 g/mol. The van der Waals surface area contributed by atoms with Gasteiger partial charge in [0.1, 0.15) is 28.0 Å². The van der Waals surface area contributed by atoms with E-state index in [4.69, 9.17) is 26.4 Å². The van der Waals surface area contributed by atoms with Crippen LogP contribution in [0.25, 0.3) is 0 Å². The third kappa shape index (κ3) is 20.9. The molecule has 5 aromatic rings. The monoisotopic (exact) mass is 1280 g/mol. The number of hydrogen-bond donors (Lipinski definition) is 9. The number of aliphatic hydroxyl groups is 5. The number of aromatic nitrogens is 4. The Balaban J connectivity index is 0.000000281. The Bertz CT molecular complexity index is 3370. The number of anilines is 2. The normalized spacial score (nSPS) is 23.0. The summed E-state index contributed by atoms with van der Waals surface area (Å²) in [5.41, 5.74) is 8.25. The SMILES string of the molecule is CC(C)(C)OC(=O)Nc1cccn([C@@H]2CCC[C@@H]2O)c1=O.COC(=O)c1cccn([C@@H]2CCC[C@@H]2O)c1=O.COC(=O)c1cccoc1=O.Cl.Cl.N[C@@H]1CCC[C@@H]1O.Nc1cccn([C@@H]2CCC[C@@H]2O)c1=O.O=C(O)c1cccn([C@@H]2CCC[C@@H]2O)c1=O. The van der Waals surface area contributed by atoms with E-state index in [-0.39, 0.29) is 100 Å². The van der Waals surface area contributed by atoms with Crippen LogP contribution >= 0.6 is 24.8 Å². The number of ether oxygens (including phenoxy) is 3. The first-order chi connectivity index (χ1) is 40.8. The number of carbonyl (C=O) groups is 4. The number of carboxylic acid groups (broad SMARTS) is 1. The predicted octanol–water partition coefficient (Wildman–Crippen LogP) is 5.28. The lowest BCUT2D eigenvalue weighted by molar-refractivity contribution is 0.0587. The Morgan fingerprint density at radius 2 is 0.898 bits per heavy atom. The second-order valence-corrected chi connectivity index (χ2v) is 22.2. The standard InChI is InChI=1S/C15H22N2O4.C12H15NO4.C11H13NO4.C10H14N2O2.C7H6O4.C5H11NO.2ClH/c1-15(2,3)21-14(20)16-10-6-5-9-17(13(10)19)11-7-4-8-12(11)18;1-17-12(16)8-4-3-7-13(11(8)15)9-5-2-6-10(9)14;13-9-5-1-4-8(9)12-6-2-3-7(10(12)14)11(15)16;11-7-3-2-6-12(10(7)14)8-4-1-5-9(8)13;1-10-6(8)5-3-2-4-11-7(5)9;6-4-2-1-3-5(4)7;;/h5-6,9,11-12,18H,4,7-8H2,1-3H3,(H,16,20);3-4,7,9-10,14H,2,5-6H2,1H3;2-3,6,8-9,13H,1,4-5H2,(H,15,16);2-3,6,8-9,13H,1,4-5,11H2;2-4H,1H3;4-5,7H,1-3,6H2;2*1H/t11-,12+;9-,10+;2*8-,9+;;4-,5+;;/m1111.1../s1. The molecule has 11 N–H and O–H groups in total. The highest BCUT2D eigenvalue weighted by atomic mass is 35.5. The van der Waals surface area contributed by atoms with Gasteiger partial charge in [-0.25, -0.2) is 24.0 Å². The number of aromatic carboxylic acids is 1. The summed E-state index contributed by atoms with van der Waals surface area (Å²) in [6.07, 6.45) is 17.3. The first-order valence-corrected chi connectivity index (χ1v) is 28.5. The zero-order valence-electron chi connectivity index (χ0n) is 49.8. The Kier molecular flexibility index (Phi) is 30.2. The number of carboxylic acids is 1. The highest BCUT2D eigenvalue weighted by molar-refractivity contribution is 5.89. The van der Waals surface area contributed by atoms with Crippen molar-refractivity contribution < 1.29 is 68.4 Å². The maximum absolute atomic E-state index is 12.4. The summed E-state index contributed by atoms with van der Waals surface area (Å²) >= 11 is 0. The number of nitrogen functional groups attached to an aromatic ring is 1. The molecule has 26 nitrogen and oxygen atoms in total. The molecule has 0 saturated heterocycles. The number of rotatable bonds is 8. The van der Waals surface area contributed by atoms with Crippen LogP contribution in [-0.4, -0.2) is 129 Å². The van der Waals surface area contributed by atoms with Crippen LogP contribution in [0.15, 0.2) is 120 Å². The van der Waals surface area contributed by atoms with Gasteiger partial charge < -0.3 is 79.0 Å². The second kappa shape index (κ2) is 35.5. The molecule has 486 valence electrons. The first-order valence-electron chi connectivity index (χ1n) is 28.5. The van der Waals surface area contributed by atoms with Gasteiger partial charge in [-0.05, 0) is 178 Å². The Hall–Kier alpha value is -7.43. The highest BCUT2D eigenvalue weighted by Crippen LogP contribution is 2.32. The van der Waals surface area contributed by atoms with Gasteiger partial charge in [0.15, 0.2) is 0 Å². The van der Waals surface area contributed by atoms with E-state index < -0.39 is 70.8 Å². The summed E-state index contributed by atoms with van der Waals surface area (Å²) in [4.78, 5) is 103. The third-order valence-electron chi connectivity index (χ3n) is 15.1. The van der Waals surface area contributed by atoms with Crippen LogP contribution in [-0.2, 0) is 14.2 Å². The molecule has 0 unspecified atom stereocenters. The quantitative estimate of drug-likeness (QED) is 0.0704. The minimum absolute atomic E-state index is 0. The van der Waals surface area contributed by atoms with Gasteiger partial charge in [-0.3, -0.25) is 24.5 Å². The molecule has 10 rings (SSSR count). The molecule has 88 heavy (non-hydrogen) atoms. The zero-order valence-corrected chi connectivity index (χ0v) is 51.4. The molecule has 5 heterocycles. The molecule has 5 aliphatic carbocycles. The van der Waals surface area contributed by atoms with Gasteiger partial charge in [0, 0.05) is 30.8 Å². The zero-order chi connectivity index (χ0) is 63.4. The van der Waals surface area contributed by atoms with Crippen LogP contribution in [0.2, 0.25) is 0 Å². The maximum Gasteiger partial charge on any atom is 0.412 e. The molecular formula is C60H83Cl2N7O19. The number of halogens is 2. The molecule has 5 saturated carbocycles. The number of methoxy groups -OCH3 is 2. The van der Waals surface area contributed by atoms with Crippen LogP contribution in [0.3, 0.4) is 0 Å². The van der Waals surface area contributed by atoms with Gasteiger partial charge >= 0.3 is 29.6 Å². The van der Waals surface area contributed by atoms with E-state index >= 15 is 0 Å². The third-order valence-corrected chi connectivity index (χ3v) is 15.1. The minimum Gasteiger partial charge on any atom is -0.477 e. The summed E-state index contributed by atoms with van der Waals surface area (Å²) in [6, 6.07) is 14.4. The van der Waals surface area contributed by atoms with Crippen molar-refractivity contribution in [1.82, 2.24) is 18.3 Å². The van der Waals surface area contributed by atoms with Gasteiger partial charge in [-0.15, -0.1) is 24.8 Å². The van der Waals surface area contributed by atoms with Crippen LogP contribution in [0.1, 0.15) is 172 Å². The Morgan fingerprint density at radius 3 is 1.27 bits per heavy atom. The largest absolute Gasteiger partial charge is 0.477 e. The number of nitrogens with two attached hydrogens (primary N) is 2. The van der Waals surface area contributed by atoms with E-state index in [1.165, 1.54) is 76.8 Å². The number of nitrogens with zero attached hydrogens (tertiary/aromatic N) is 4. The molecule has 0 aliphatic heterocycles. The molecule has 0 radical (unpaired) electrons. The van der Waals surface area contributed by atoms with Gasteiger partial charge in [0.25, 0.3) is 22.2 Å². The van der Waals surface area contributed by atoms with Crippen molar-refractivity contribution in [2.24, 2.45) is 5.73 Å². The highest BCUT2D eigenvalue weighted by Gasteiger charge is 2.32. The summed E-state index contributed by atoms with van der Waals surface area (Å²) in [6.45, 7) is 5.26. The Morgan fingerprint density at radius 1 is 0.523 bits per heavy atom. The molecule has 10 atom stereocenters. The molecule has 5 aliphatic rings. The van der Waals surface area contributed by atoms with Crippen molar-refractivity contribution >= 4 is 60.2 Å². The summed E-state index contributed by atoms with van der Waals surface area (Å²) in [7, 11) is 2.44. The number of carbonyl (C=O) groups excluding carboxylic acids is 3. The van der Waals surface area contributed by atoms with Gasteiger partial charge in [0.2, 0.25) is 0 Å². The maximum atomic E-state index is 12.4. The summed E-state index contributed by atoms with van der Waals surface area (Å²) < 4.78 is 24.2. The van der Waals surface area contributed by atoms with Gasteiger partial charge in [-0.1, -0.05) is 0 Å². The predicted molar refractivity (Wildman–Crippen MR) is 330 cm³/mol. The van der Waals surface area contributed by atoms with Crippen molar-refractivity contribution in [1.29, 1.82) is 0 Å². The number of pyridine rings is 4. The number of aliphatic hydroxyl groups excluding tert-OH is 5. The van der Waals surface area contributed by atoms with Crippen LogP contribution in [0, 0.1) is 0 Å². The lowest BCUT2D eigenvalue weighted by Gasteiger charge is -2.21. The molecule has 0 bridgehead atoms. The van der Waals surface area contributed by atoms with Crippen molar-refractivity contribution in [3.05, 3.63) is 160 Å². The topological polar surface area (TPSA) is 400 Å². The number of esters is 2. The van der Waals surface area contributed by atoms with E-state index in [1.54, 1.807) is 68.2 Å². The minimum atomic E-state index is -1.23. The number of hydrogen-bond acceptors (Lipinski definition) is 20. The van der Waals surface area contributed by atoms with Crippen molar-refractivity contribution in [2.75, 3.05) is 25.3 Å². The van der Waals surface area contributed by atoms with Crippen LogP contribution < -0.4 is 44.6 Å². The lowest BCUT2D eigenvalue weighted by atomic mass is 10.2. The molecule has 5 aromatic heterocycles. The molecule has 0 spiro atoms. The molecule has 5 fully saturated rings. The van der Waals surface area contributed by atoms with Crippen molar-refractivity contribution in [3.63, 3.8) is 0 Å². The molecule has 1 amide bonds. The first kappa shape index (κ1) is 74.8. The number of nitrogens with one attached hydrogen (secondary N) is 1. The fourth-order valence-electron chi connectivity index (χ4n) is 10.6. The second-order valence-electron chi connectivity index (χ2n) is 22.2. The van der Waals surface area contributed by atoms with Gasteiger partial charge in [0.05, 0.1) is 80.9 Å². The Labute approximate surface area is 519 Å². The fraction of sp³-hybridized carbons (Fsp3) is 0.517. The molecule has 0 aromatic carbocycles. The van der Waals surface area contributed by atoms with Gasteiger partial charge in [-0.2, -0.15) is 0 Å². The van der Waals surface area contributed by atoms with E-state index in [0.717, 1.165) is 70.6 Å². The van der Waals surface area contributed by atoms with Crippen LogP contribution in [0.5, 0.6) is 0 Å². The smallest absolute Gasteiger partial charge is 0.412 e. The van der Waals surface area contributed by atoms with Crippen LogP contribution in [0.4, 0.5) is 16.2 Å². The summed E-state index contributed by atoms with van der Waals surface area (Å²) in [5, 5.41) is 59.2. The molecule has 28 heteroatoms. The van der Waals surface area contributed by atoms with E-state index in [0.29, 0.717) is 25.7 Å². The lowest BCUT2D eigenvalue weighted by Crippen LogP contribution is -2.33. The van der Waals surface area contributed by atoms with Crippen molar-refractivity contribution in [3.8, 4) is 0 Å². The summed E-state index contributed by atoms with van der Waals surface area (Å²) in [5.74, 6) is -2.55. The van der Waals surface area contributed by atoms with E-state index in [9.17, 15) is 63.6 Å². The molecular weight excluding hydrogens is 1190 g/mol.